The molecule has 2 atom stereocenters. The van der Waals surface area contributed by atoms with Crippen LogP contribution in [-0.2, 0) is 16.1 Å². The number of imidazole rings is 1. The predicted octanol–water partition coefficient (Wildman–Crippen LogP) is 2.99. The number of nitrogens with zero attached hydrogens (tertiary/aromatic N) is 5. The molecule has 1 fully saturated rings. The van der Waals surface area contributed by atoms with E-state index in [9.17, 15) is 23.6 Å². The van der Waals surface area contributed by atoms with E-state index in [1.54, 1.807) is 60.9 Å². The first kappa shape index (κ1) is 27.0. The molecular weight excluding hydrogens is 583 g/mol. The summed E-state index contributed by atoms with van der Waals surface area (Å²) in [5.41, 5.74) is 1.13. The van der Waals surface area contributed by atoms with Gasteiger partial charge in [-0.15, -0.1) is 0 Å². The van der Waals surface area contributed by atoms with Gasteiger partial charge in [-0.05, 0) is 58.4 Å². The van der Waals surface area contributed by atoms with Crippen molar-refractivity contribution in [2.75, 3.05) is 11.9 Å². The topological polar surface area (TPSA) is 119 Å². The molecule has 4 heterocycles. The van der Waals surface area contributed by atoms with E-state index in [0.29, 0.717) is 21.2 Å². The van der Waals surface area contributed by atoms with Crippen LogP contribution in [0.15, 0.2) is 70.3 Å². The van der Waals surface area contributed by atoms with E-state index in [2.05, 4.69) is 43.1 Å². The number of pyridine rings is 2. The molecule has 10 nitrogen and oxygen atoms in total. The van der Waals surface area contributed by atoms with Gasteiger partial charge in [-0.2, -0.15) is 0 Å². The molecule has 1 saturated heterocycles. The largest absolute Gasteiger partial charge is 0.336 e. The van der Waals surface area contributed by atoms with E-state index in [0.717, 1.165) is 14.0 Å². The van der Waals surface area contributed by atoms with Crippen LogP contribution in [0.25, 0.3) is 11.0 Å². The van der Waals surface area contributed by atoms with E-state index >= 15 is 0 Å². The molecule has 0 aliphatic carbocycles. The van der Waals surface area contributed by atoms with Crippen molar-refractivity contribution in [3.63, 3.8) is 0 Å². The minimum atomic E-state index is -1.41. The zero-order valence-electron chi connectivity index (χ0n) is 21.2. The van der Waals surface area contributed by atoms with Crippen molar-refractivity contribution in [2.24, 2.45) is 0 Å². The Hall–Kier alpha value is -4.63. The molecule has 4 aromatic rings. The fourth-order valence-electron chi connectivity index (χ4n) is 4.60. The average Bonchev–Trinajstić information content (AvgIpc) is 3.45. The van der Waals surface area contributed by atoms with E-state index in [1.807, 2.05) is 0 Å². The standard InChI is InChI=1S/C28H22BrFN6O4/c1-17(37)36-22-12-18(7-8-19-4-3-11-31-14-19)9-10-21(22)35(28(36)40)16-26(38)34-15-20(30)13-23(34)27(39)33-25-6-2-5-24(29)32-25/h2-6,9-12,14,20,23H,13,15-16H2,1H3,(H,32,33,39)/t20-,23+/m1/s1. The molecule has 1 aromatic carbocycles. The number of nitrogens with one attached hydrogen (secondary N) is 1. The fourth-order valence-corrected chi connectivity index (χ4v) is 4.94. The molecule has 1 aliphatic rings. The molecule has 0 unspecified atom stereocenters. The van der Waals surface area contributed by atoms with Crippen LogP contribution in [0, 0.1) is 11.8 Å². The number of carbonyl (C=O) groups excluding carboxylic acids is 3. The average molecular weight is 605 g/mol. The SMILES string of the molecule is CC(=O)n1c(=O)n(CC(=O)N2C[C@H](F)C[C@H]2C(=O)Nc2cccc(Br)n2)c2ccc(C#Cc3cccnc3)cc21. The molecule has 0 radical (unpaired) electrons. The lowest BCUT2D eigenvalue weighted by molar-refractivity contribution is -0.137. The summed E-state index contributed by atoms with van der Waals surface area (Å²) >= 11 is 3.22. The second kappa shape index (κ2) is 11.2. The number of hydrogen-bond acceptors (Lipinski definition) is 6. The third kappa shape index (κ3) is 5.55. The number of carbonyl (C=O) groups is 3. The van der Waals surface area contributed by atoms with Gasteiger partial charge in [0.2, 0.25) is 17.7 Å². The molecule has 0 spiro atoms. The van der Waals surface area contributed by atoms with Gasteiger partial charge in [-0.1, -0.05) is 17.9 Å². The van der Waals surface area contributed by atoms with Crippen molar-refractivity contribution in [3.05, 3.63) is 87.1 Å². The second-order valence-corrected chi connectivity index (χ2v) is 9.96. The van der Waals surface area contributed by atoms with Crippen LogP contribution in [0.4, 0.5) is 10.2 Å². The summed E-state index contributed by atoms with van der Waals surface area (Å²) in [6.45, 7) is 0.463. The summed E-state index contributed by atoms with van der Waals surface area (Å²) in [5, 5.41) is 2.61. The summed E-state index contributed by atoms with van der Waals surface area (Å²) in [7, 11) is 0. The molecule has 2 amide bonds. The summed E-state index contributed by atoms with van der Waals surface area (Å²) in [4.78, 5) is 61.2. The zero-order valence-corrected chi connectivity index (χ0v) is 22.8. The summed E-state index contributed by atoms with van der Waals surface area (Å²) in [6.07, 6.45) is 1.65. The number of anilines is 1. The minimum absolute atomic E-state index is 0.186. The van der Waals surface area contributed by atoms with Gasteiger partial charge in [0.25, 0.3) is 0 Å². The quantitative estimate of drug-likeness (QED) is 0.282. The number of alkyl halides is 1. The van der Waals surface area contributed by atoms with E-state index < -0.39 is 42.2 Å². The molecule has 1 N–H and O–H groups in total. The number of halogens is 2. The van der Waals surface area contributed by atoms with E-state index in [-0.39, 0.29) is 24.3 Å². The van der Waals surface area contributed by atoms with Crippen LogP contribution in [0.2, 0.25) is 0 Å². The van der Waals surface area contributed by atoms with Gasteiger partial charge in [-0.3, -0.25) is 23.9 Å². The second-order valence-electron chi connectivity index (χ2n) is 9.15. The third-order valence-corrected chi connectivity index (χ3v) is 6.83. The van der Waals surface area contributed by atoms with Gasteiger partial charge in [0.15, 0.2) is 0 Å². The highest BCUT2D eigenvalue weighted by Gasteiger charge is 2.40. The summed E-state index contributed by atoms with van der Waals surface area (Å²) < 4.78 is 17.0. The highest BCUT2D eigenvalue weighted by molar-refractivity contribution is 9.10. The predicted molar refractivity (Wildman–Crippen MR) is 148 cm³/mol. The van der Waals surface area contributed by atoms with Crippen LogP contribution in [0.5, 0.6) is 0 Å². The van der Waals surface area contributed by atoms with Crippen molar-refractivity contribution in [1.29, 1.82) is 0 Å². The third-order valence-electron chi connectivity index (χ3n) is 6.39. The number of hydrogen-bond donors (Lipinski definition) is 1. The van der Waals surface area contributed by atoms with Crippen LogP contribution in [0.1, 0.15) is 29.3 Å². The Morgan fingerprint density at radius 2 is 1.90 bits per heavy atom. The number of fused-ring (bicyclic) bond motifs is 1. The lowest BCUT2D eigenvalue weighted by Crippen LogP contribution is -2.45. The van der Waals surface area contributed by atoms with Crippen LogP contribution >= 0.6 is 15.9 Å². The molecule has 0 saturated carbocycles. The van der Waals surface area contributed by atoms with Crippen molar-refractivity contribution in [1.82, 2.24) is 24.0 Å². The van der Waals surface area contributed by atoms with E-state index in [1.165, 1.54) is 6.92 Å². The number of aromatic nitrogens is 4. The number of likely N-dealkylation sites (tertiary alicyclic amines) is 1. The van der Waals surface area contributed by atoms with Crippen LogP contribution in [-0.4, -0.2) is 60.5 Å². The Balaban J connectivity index is 1.43. The maximum Gasteiger partial charge on any atom is 0.336 e. The van der Waals surface area contributed by atoms with Crippen molar-refractivity contribution in [3.8, 4) is 11.8 Å². The molecule has 3 aromatic heterocycles. The first-order valence-electron chi connectivity index (χ1n) is 12.3. The number of benzene rings is 1. The van der Waals surface area contributed by atoms with Gasteiger partial charge < -0.3 is 10.2 Å². The Labute approximate surface area is 236 Å². The normalized spacial score (nSPS) is 16.4. The Morgan fingerprint density at radius 1 is 1.10 bits per heavy atom. The zero-order chi connectivity index (χ0) is 28.4. The molecule has 12 heteroatoms. The fraction of sp³-hybridized carbons (Fsp3) is 0.214. The molecular formula is C28H22BrFN6O4. The monoisotopic (exact) mass is 604 g/mol. The lowest BCUT2D eigenvalue weighted by Gasteiger charge is -2.23. The highest BCUT2D eigenvalue weighted by atomic mass is 79.9. The lowest BCUT2D eigenvalue weighted by atomic mass is 10.2. The van der Waals surface area contributed by atoms with Crippen molar-refractivity contribution < 1.29 is 18.8 Å². The van der Waals surface area contributed by atoms with E-state index in [4.69, 9.17) is 0 Å². The summed E-state index contributed by atoms with van der Waals surface area (Å²) in [5.74, 6) is 4.44. The summed E-state index contributed by atoms with van der Waals surface area (Å²) in [6, 6.07) is 12.3. The maximum absolute atomic E-state index is 14.4. The van der Waals surface area contributed by atoms with Gasteiger partial charge in [-0.25, -0.2) is 18.7 Å². The first-order valence-corrected chi connectivity index (χ1v) is 13.1. The van der Waals surface area contributed by atoms with Crippen molar-refractivity contribution >= 4 is 50.5 Å². The molecule has 40 heavy (non-hydrogen) atoms. The maximum atomic E-state index is 14.4. The molecule has 5 rings (SSSR count). The Bertz CT molecular complexity index is 1760. The van der Waals surface area contributed by atoms with Crippen molar-refractivity contribution in [2.45, 2.75) is 32.1 Å². The first-order chi connectivity index (χ1) is 19.2. The number of amides is 2. The Morgan fingerprint density at radius 3 is 2.62 bits per heavy atom. The van der Waals surface area contributed by atoms with Gasteiger partial charge in [0, 0.05) is 36.9 Å². The van der Waals surface area contributed by atoms with Gasteiger partial charge in [0.1, 0.15) is 29.2 Å². The Kier molecular flexibility index (Phi) is 7.57. The molecule has 0 bridgehead atoms. The smallest absolute Gasteiger partial charge is 0.326 e. The highest BCUT2D eigenvalue weighted by Crippen LogP contribution is 2.24. The van der Waals surface area contributed by atoms with Crippen LogP contribution in [0.3, 0.4) is 0 Å². The van der Waals surface area contributed by atoms with Crippen LogP contribution < -0.4 is 11.0 Å². The molecule has 1 aliphatic heterocycles. The van der Waals surface area contributed by atoms with Gasteiger partial charge in [0.05, 0.1) is 17.6 Å². The van der Waals surface area contributed by atoms with Gasteiger partial charge >= 0.3 is 5.69 Å². The molecule has 202 valence electrons. The minimum Gasteiger partial charge on any atom is -0.326 e. The number of rotatable bonds is 4.